The van der Waals surface area contributed by atoms with Gasteiger partial charge in [0, 0.05) is 25.0 Å². The second kappa shape index (κ2) is 11.3. The van der Waals surface area contributed by atoms with Gasteiger partial charge in [-0.15, -0.1) is 0 Å². The second-order valence-corrected chi connectivity index (χ2v) is 15.0. The number of sulfonamides is 1. The van der Waals surface area contributed by atoms with Gasteiger partial charge < -0.3 is 9.64 Å². The molecule has 2 aromatic carbocycles. The summed E-state index contributed by atoms with van der Waals surface area (Å²) in [5, 5.41) is 4.65. The third-order valence-corrected chi connectivity index (χ3v) is 10.9. The van der Waals surface area contributed by atoms with Crippen molar-refractivity contribution < 1.29 is 17.5 Å². The molecule has 2 aliphatic heterocycles. The summed E-state index contributed by atoms with van der Waals surface area (Å²) in [4.78, 5) is 2.76. The Hall–Kier alpha value is -2.85. The van der Waals surface area contributed by atoms with Gasteiger partial charge in [-0.3, -0.25) is 0 Å². The average Bonchev–Trinajstić information content (AvgIpc) is 3.64. The second-order valence-electron chi connectivity index (χ2n) is 13.0. The molecule has 42 heavy (non-hydrogen) atoms. The van der Waals surface area contributed by atoms with E-state index in [1.165, 1.54) is 30.5 Å². The van der Waals surface area contributed by atoms with E-state index < -0.39 is 15.4 Å². The molecule has 0 radical (unpaired) electrons. The van der Waals surface area contributed by atoms with Gasteiger partial charge in [-0.05, 0) is 97.8 Å². The van der Waals surface area contributed by atoms with Gasteiger partial charge in [-0.2, -0.15) is 9.40 Å². The zero-order valence-electron chi connectivity index (χ0n) is 24.9. The maximum atomic E-state index is 13.9. The standard InChI is InChI=1S/C33H41FN4O3S/c1-32(2,3)26-6-12-30(13-7-26)42(39,40)37-17-14-27-20-31-25(22-35-38(31)29-10-8-28(34)9-11-29)21-33(27,23-37)24-41-19-18-36-15-4-5-16-36/h6-13,20,22H,4-5,14-19,21,23-24H2,1-3H3/t33-/m1/s1. The molecule has 0 saturated carbocycles. The van der Waals surface area contributed by atoms with Gasteiger partial charge >= 0.3 is 0 Å². The first-order valence-corrected chi connectivity index (χ1v) is 16.4. The minimum Gasteiger partial charge on any atom is -0.379 e. The van der Waals surface area contributed by atoms with Gasteiger partial charge in [-0.1, -0.05) is 38.5 Å². The summed E-state index contributed by atoms with van der Waals surface area (Å²) in [7, 11) is -3.69. The Morgan fingerprint density at radius 3 is 2.40 bits per heavy atom. The van der Waals surface area contributed by atoms with Crippen molar-refractivity contribution in [3.05, 3.63) is 82.9 Å². The number of halogens is 1. The van der Waals surface area contributed by atoms with Crippen molar-refractivity contribution in [2.24, 2.45) is 5.41 Å². The minimum atomic E-state index is -3.69. The highest BCUT2D eigenvalue weighted by molar-refractivity contribution is 7.89. The molecule has 224 valence electrons. The largest absolute Gasteiger partial charge is 0.379 e. The number of hydrogen-bond acceptors (Lipinski definition) is 5. The van der Waals surface area contributed by atoms with Crippen molar-refractivity contribution in [2.45, 2.75) is 56.8 Å². The number of hydrogen-bond donors (Lipinski definition) is 0. The van der Waals surface area contributed by atoms with Crippen LogP contribution in [-0.4, -0.2) is 73.3 Å². The van der Waals surface area contributed by atoms with Crippen LogP contribution in [0.1, 0.15) is 56.9 Å². The lowest BCUT2D eigenvalue weighted by molar-refractivity contribution is 0.0325. The van der Waals surface area contributed by atoms with Crippen LogP contribution >= 0.6 is 0 Å². The van der Waals surface area contributed by atoms with Crippen LogP contribution in [0.4, 0.5) is 4.39 Å². The molecule has 2 saturated heterocycles. The number of nitrogens with zero attached hydrogens (tertiary/aromatic N) is 4. The molecular weight excluding hydrogens is 551 g/mol. The molecule has 1 aliphatic carbocycles. The Kier molecular flexibility index (Phi) is 7.89. The first kappa shape index (κ1) is 29.2. The number of ether oxygens (including phenoxy) is 1. The Balaban J connectivity index is 1.28. The molecule has 1 aromatic heterocycles. The van der Waals surface area contributed by atoms with Crippen LogP contribution in [0.2, 0.25) is 0 Å². The van der Waals surface area contributed by atoms with Crippen LogP contribution in [0.3, 0.4) is 0 Å². The number of piperidine rings is 1. The number of fused-ring (bicyclic) bond motifs is 2. The Morgan fingerprint density at radius 2 is 1.71 bits per heavy atom. The van der Waals surface area contributed by atoms with Crippen molar-refractivity contribution in [1.82, 2.24) is 19.0 Å². The number of benzene rings is 2. The van der Waals surface area contributed by atoms with E-state index in [-0.39, 0.29) is 11.2 Å². The minimum absolute atomic E-state index is 0.0538. The summed E-state index contributed by atoms with van der Waals surface area (Å²) in [6, 6.07) is 13.7. The fourth-order valence-electron chi connectivity index (χ4n) is 6.56. The van der Waals surface area contributed by atoms with Crippen LogP contribution in [0.25, 0.3) is 11.8 Å². The fourth-order valence-corrected chi connectivity index (χ4v) is 8.09. The lowest BCUT2D eigenvalue weighted by Gasteiger charge is -2.46. The summed E-state index contributed by atoms with van der Waals surface area (Å²) < 4.78 is 51.3. The van der Waals surface area contributed by atoms with Crippen LogP contribution < -0.4 is 0 Å². The molecule has 9 heteroatoms. The molecule has 3 heterocycles. The molecule has 3 aromatic rings. The van der Waals surface area contributed by atoms with Crippen LogP contribution in [-0.2, 0) is 26.6 Å². The maximum Gasteiger partial charge on any atom is 0.243 e. The van der Waals surface area contributed by atoms with E-state index in [9.17, 15) is 12.8 Å². The first-order valence-electron chi connectivity index (χ1n) is 15.0. The highest BCUT2D eigenvalue weighted by atomic mass is 32.2. The van der Waals surface area contributed by atoms with Crippen molar-refractivity contribution in [3.63, 3.8) is 0 Å². The maximum absolute atomic E-state index is 13.9. The Labute approximate surface area is 249 Å². The SMILES string of the molecule is CC(C)(C)c1ccc(S(=O)(=O)N2CCC3=Cc4c(cnn4-c4ccc(F)cc4)C[C@]3(COCCN3CCCC3)C2)cc1. The average molecular weight is 593 g/mol. The summed E-state index contributed by atoms with van der Waals surface area (Å²) in [5.41, 5.74) is 4.56. The van der Waals surface area contributed by atoms with Gasteiger partial charge in [-0.25, -0.2) is 17.5 Å². The molecular formula is C33H41FN4O3S. The monoisotopic (exact) mass is 592 g/mol. The zero-order chi connectivity index (χ0) is 29.5. The summed E-state index contributed by atoms with van der Waals surface area (Å²) in [6.45, 7) is 11.3. The van der Waals surface area contributed by atoms with Crippen LogP contribution in [0, 0.1) is 11.2 Å². The smallest absolute Gasteiger partial charge is 0.243 e. The van der Waals surface area contributed by atoms with E-state index in [4.69, 9.17) is 4.74 Å². The van der Waals surface area contributed by atoms with E-state index >= 15 is 0 Å². The molecule has 0 unspecified atom stereocenters. The molecule has 0 amide bonds. The molecule has 1 atom stereocenters. The van der Waals surface area contributed by atoms with Crippen molar-refractivity contribution in [1.29, 1.82) is 0 Å². The van der Waals surface area contributed by atoms with E-state index in [1.807, 2.05) is 23.0 Å². The highest BCUT2D eigenvalue weighted by Gasteiger charge is 2.46. The van der Waals surface area contributed by atoms with Gasteiger partial charge in [0.25, 0.3) is 0 Å². The van der Waals surface area contributed by atoms with Gasteiger partial charge in [0.2, 0.25) is 10.0 Å². The van der Waals surface area contributed by atoms with Gasteiger partial charge in [0.15, 0.2) is 0 Å². The topological polar surface area (TPSA) is 67.7 Å². The molecule has 2 fully saturated rings. The van der Waals surface area contributed by atoms with Crippen LogP contribution in [0.5, 0.6) is 0 Å². The lowest BCUT2D eigenvalue weighted by atomic mass is 9.69. The summed E-state index contributed by atoms with van der Waals surface area (Å²) in [5.74, 6) is -0.287. The lowest BCUT2D eigenvalue weighted by Crippen LogP contribution is -2.51. The van der Waals surface area contributed by atoms with Crippen molar-refractivity contribution in [2.75, 3.05) is 45.9 Å². The van der Waals surface area contributed by atoms with E-state index in [1.54, 1.807) is 28.6 Å². The summed E-state index contributed by atoms with van der Waals surface area (Å²) >= 11 is 0. The first-order chi connectivity index (χ1) is 20.0. The molecule has 0 spiro atoms. The number of likely N-dealkylation sites (tertiary alicyclic amines) is 1. The molecule has 6 rings (SSSR count). The Bertz CT molecular complexity index is 1550. The highest BCUT2D eigenvalue weighted by Crippen LogP contribution is 2.45. The number of rotatable bonds is 8. The fraction of sp³-hybridized carbons (Fsp3) is 0.485. The quantitative estimate of drug-likeness (QED) is 0.326. The normalized spacial score (nSPS) is 21.7. The molecule has 7 nitrogen and oxygen atoms in total. The molecule has 3 aliphatic rings. The van der Waals surface area contributed by atoms with E-state index in [2.05, 4.69) is 36.8 Å². The van der Waals surface area contributed by atoms with E-state index in [0.29, 0.717) is 44.0 Å². The third-order valence-electron chi connectivity index (χ3n) is 9.07. The van der Waals surface area contributed by atoms with Crippen molar-refractivity contribution >= 4 is 16.1 Å². The molecule has 0 bridgehead atoms. The molecule has 0 N–H and O–H groups in total. The van der Waals surface area contributed by atoms with Gasteiger partial charge in [0.05, 0.1) is 35.7 Å². The Morgan fingerprint density at radius 1 is 1.00 bits per heavy atom. The summed E-state index contributed by atoms with van der Waals surface area (Å²) in [6.07, 6.45) is 7.75. The van der Waals surface area contributed by atoms with E-state index in [0.717, 1.165) is 42.1 Å². The zero-order valence-corrected chi connectivity index (χ0v) is 25.7. The third kappa shape index (κ3) is 5.72. The van der Waals surface area contributed by atoms with Crippen molar-refractivity contribution in [3.8, 4) is 5.69 Å². The number of aromatic nitrogens is 2. The van der Waals surface area contributed by atoms with Gasteiger partial charge in [0.1, 0.15) is 5.82 Å². The predicted molar refractivity (Wildman–Crippen MR) is 163 cm³/mol. The predicted octanol–water partition coefficient (Wildman–Crippen LogP) is 5.44. The van der Waals surface area contributed by atoms with Crippen LogP contribution in [0.15, 0.2) is 65.2 Å².